The Labute approximate surface area is 202 Å². The molecule has 9 heteroatoms. The van der Waals surface area contributed by atoms with E-state index in [2.05, 4.69) is 4.90 Å². The van der Waals surface area contributed by atoms with Gasteiger partial charge in [0.2, 0.25) is 0 Å². The molecule has 4 rings (SSSR count). The van der Waals surface area contributed by atoms with Crippen LogP contribution in [0.25, 0.3) is 0 Å². The van der Waals surface area contributed by atoms with Crippen LogP contribution in [0.2, 0.25) is 5.02 Å². The first-order valence-corrected chi connectivity index (χ1v) is 11.6. The van der Waals surface area contributed by atoms with Crippen LogP contribution < -0.4 is 17.0 Å². The Morgan fingerprint density at radius 3 is 2.12 bits per heavy atom. The number of carbonyl (C=O) groups excluding carboxylic acids is 1. The quantitative estimate of drug-likeness (QED) is 0.517. The van der Waals surface area contributed by atoms with Crippen LogP contribution >= 0.6 is 11.6 Å². The number of anilines is 1. The highest BCUT2D eigenvalue weighted by Gasteiger charge is 2.25. The predicted molar refractivity (Wildman–Crippen MR) is 133 cm³/mol. The fourth-order valence-corrected chi connectivity index (χ4v) is 4.33. The maximum Gasteiger partial charge on any atom is 0.332 e. The first kappa shape index (κ1) is 23.9. The minimum Gasteiger partial charge on any atom is -0.384 e. The lowest BCUT2D eigenvalue weighted by molar-refractivity contribution is 0.0842. The number of nitrogens with zero attached hydrogens (tertiary/aromatic N) is 4. The molecule has 0 atom stereocenters. The van der Waals surface area contributed by atoms with Gasteiger partial charge in [-0.3, -0.25) is 28.5 Å². The van der Waals surface area contributed by atoms with E-state index in [1.807, 2.05) is 59.5 Å². The van der Waals surface area contributed by atoms with Gasteiger partial charge in [0, 0.05) is 44.8 Å². The van der Waals surface area contributed by atoms with Crippen LogP contribution in [-0.2, 0) is 20.1 Å². The third-order valence-electron chi connectivity index (χ3n) is 6.20. The van der Waals surface area contributed by atoms with Crippen molar-refractivity contribution in [2.75, 3.05) is 38.5 Å². The molecule has 0 bridgehead atoms. The largest absolute Gasteiger partial charge is 0.384 e. The highest BCUT2D eigenvalue weighted by molar-refractivity contribution is 6.30. The van der Waals surface area contributed by atoms with E-state index < -0.39 is 11.2 Å². The lowest BCUT2D eigenvalue weighted by atomic mass is 10.1. The average Bonchev–Trinajstić information content (AvgIpc) is 2.84. The van der Waals surface area contributed by atoms with E-state index in [-0.39, 0.29) is 30.3 Å². The zero-order valence-electron chi connectivity index (χ0n) is 19.1. The summed E-state index contributed by atoms with van der Waals surface area (Å²) in [5, 5.41) is 0.715. The van der Waals surface area contributed by atoms with E-state index in [9.17, 15) is 14.4 Å². The molecule has 3 aromatic rings. The van der Waals surface area contributed by atoms with Gasteiger partial charge in [-0.15, -0.1) is 0 Å². The number of carbonyl (C=O) groups is 1. The number of halogens is 1. The maximum absolute atomic E-state index is 13.2. The summed E-state index contributed by atoms with van der Waals surface area (Å²) in [5.74, 6) is -0.450. The Morgan fingerprint density at radius 1 is 0.882 bits per heavy atom. The van der Waals surface area contributed by atoms with Gasteiger partial charge >= 0.3 is 5.69 Å². The molecule has 1 aliphatic rings. The van der Waals surface area contributed by atoms with Crippen molar-refractivity contribution in [1.82, 2.24) is 18.9 Å². The summed E-state index contributed by atoms with van der Waals surface area (Å²) >= 11 is 5.96. The van der Waals surface area contributed by atoms with Crippen LogP contribution in [-0.4, -0.2) is 57.4 Å². The fourth-order valence-electron chi connectivity index (χ4n) is 4.20. The summed E-state index contributed by atoms with van der Waals surface area (Å²) in [6.45, 7) is 4.08. The number of hydrogen-bond donors (Lipinski definition) is 1. The third-order valence-corrected chi connectivity index (χ3v) is 6.45. The van der Waals surface area contributed by atoms with Gasteiger partial charge in [0.25, 0.3) is 5.56 Å². The molecule has 0 saturated carbocycles. The summed E-state index contributed by atoms with van der Waals surface area (Å²) in [7, 11) is 1.37. The fraction of sp³-hybridized carbons (Fsp3) is 0.320. The second-order valence-electron chi connectivity index (χ2n) is 8.58. The number of hydrogen-bond acceptors (Lipinski definition) is 6. The van der Waals surface area contributed by atoms with Gasteiger partial charge in [0.1, 0.15) is 11.4 Å². The number of ketones is 1. The van der Waals surface area contributed by atoms with Crippen LogP contribution in [0.3, 0.4) is 0 Å². The lowest BCUT2D eigenvalue weighted by Gasteiger charge is -2.34. The predicted octanol–water partition coefficient (Wildman–Crippen LogP) is 1.83. The van der Waals surface area contributed by atoms with E-state index in [0.717, 1.165) is 29.8 Å². The van der Waals surface area contributed by atoms with Crippen molar-refractivity contribution >= 4 is 23.2 Å². The third kappa shape index (κ3) is 5.30. The molecule has 178 valence electrons. The van der Waals surface area contributed by atoms with Crippen LogP contribution in [0.5, 0.6) is 0 Å². The average molecular weight is 482 g/mol. The van der Waals surface area contributed by atoms with E-state index in [1.165, 1.54) is 17.2 Å². The molecule has 8 nitrogen and oxygen atoms in total. The van der Waals surface area contributed by atoms with Crippen LogP contribution in [0, 0.1) is 0 Å². The molecule has 0 amide bonds. The van der Waals surface area contributed by atoms with E-state index in [0.29, 0.717) is 18.1 Å². The summed E-state index contributed by atoms with van der Waals surface area (Å²) in [6.07, 6.45) is 0. The normalized spacial score (nSPS) is 14.9. The molecule has 2 N–H and O–H groups in total. The minimum absolute atomic E-state index is 0.0803. The van der Waals surface area contributed by atoms with Crippen molar-refractivity contribution in [3.05, 3.63) is 97.1 Å². The number of rotatable bonds is 7. The van der Waals surface area contributed by atoms with Gasteiger partial charge < -0.3 is 5.73 Å². The highest BCUT2D eigenvalue weighted by Crippen LogP contribution is 2.14. The number of benzene rings is 2. The molecule has 2 heterocycles. The number of nitrogen functional groups attached to an aromatic ring is 1. The zero-order valence-corrected chi connectivity index (χ0v) is 19.9. The molecule has 0 radical (unpaired) electrons. The molecule has 1 saturated heterocycles. The van der Waals surface area contributed by atoms with Crippen molar-refractivity contribution in [3.8, 4) is 0 Å². The molecule has 1 fully saturated rings. The molecule has 1 aromatic heterocycles. The smallest absolute Gasteiger partial charge is 0.332 e. The van der Waals surface area contributed by atoms with E-state index in [1.54, 1.807) is 0 Å². The number of Topliss-reactive ketones (excluding diaryl/α,β-unsaturated/α-hetero) is 1. The summed E-state index contributed by atoms with van der Waals surface area (Å²) in [6, 6.07) is 17.1. The van der Waals surface area contributed by atoms with Gasteiger partial charge in [-0.05, 0) is 23.3 Å². The summed E-state index contributed by atoms with van der Waals surface area (Å²) in [5.41, 5.74) is 6.94. The zero-order chi connectivity index (χ0) is 24.2. The second-order valence-corrected chi connectivity index (χ2v) is 9.02. The first-order chi connectivity index (χ1) is 16.3. The van der Waals surface area contributed by atoms with Crippen molar-refractivity contribution in [2.45, 2.75) is 13.1 Å². The standard InChI is InChI=1S/C25H28ClN5O3/c1-28-24(33)22(23(27)31(25(28)34)16-18-5-3-2-4-6-18)21(32)17-30-13-11-29(12-14-30)15-19-7-9-20(26)10-8-19/h2-10H,11-17,27H2,1H3. The van der Waals surface area contributed by atoms with Gasteiger partial charge in [-0.25, -0.2) is 4.79 Å². The minimum atomic E-state index is -0.654. The van der Waals surface area contributed by atoms with Crippen LogP contribution in [0.15, 0.2) is 64.2 Å². The Balaban J connectivity index is 1.45. The number of piperazine rings is 1. The molecule has 34 heavy (non-hydrogen) atoms. The van der Waals surface area contributed by atoms with Crippen molar-refractivity contribution < 1.29 is 4.79 Å². The molecule has 0 spiro atoms. The molecule has 0 unspecified atom stereocenters. The molecular formula is C25H28ClN5O3. The Morgan fingerprint density at radius 2 is 1.47 bits per heavy atom. The Hall–Kier alpha value is -3.20. The van der Waals surface area contributed by atoms with Crippen LogP contribution in [0.4, 0.5) is 5.82 Å². The molecule has 1 aliphatic heterocycles. The highest BCUT2D eigenvalue weighted by atomic mass is 35.5. The van der Waals surface area contributed by atoms with Crippen molar-refractivity contribution in [3.63, 3.8) is 0 Å². The van der Waals surface area contributed by atoms with Crippen molar-refractivity contribution in [2.24, 2.45) is 7.05 Å². The SMILES string of the molecule is Cn1c(=O)c(C(=O)CN2CCN(Cc3ccc(Cl)cc3)CC2)c(N)n(Cc2ccccc2)c1=O. The molecular weight excluding hydrogens is 454 g/mol. The number of aromatic nitrogens is 2. The topological polar surface area (TPSA) is 93.6 Å². The van der Waals surface area contributed by atoms with Gasteiger partial charge in [0.05, 0.1) is 13.1 Å². The van der Waals surface area contributed by atoms with E-state index in [4.69, 9.17) is 17.3 Å². The summed E-state index contributed by atoms with van der Waals surface area (Å²) in [4.78, 5) is 43.0. The molecule has 0 aliphatic carbocycles. The van der Waals surface area contributed by atoms with Gasteiger partial charge in [0.15, 0.2) is 5.78 Å². The lowest BCUT2D eigenvalue weighted by Crippen LogP contribution is -2.49. The van der Waals surface area contributed by atoms with E-state index >= 15 is 0 Å². The van der Waals surface area contributed by atoms with Gasteiger partial charge in [-0.1, -0.05) is 54.1 Å². The first-order valence-electron chi connectivity index (χ1n) is 11.2. The van der Waals surface area contributed by atoms with Gasteiger partial charge in [-0.2, -0.15) is 0 Å². The monoisotopic (exact) mass is 481 g/mol. The Kier molecular flexibility index (Phi) is 7.31. The second kappa shape index (κ2) is 10.4. The maximum atomic E-state index is 13.2. The Bertz CT molecular complexity index is 1280. The van der Waals surface area contributed by atoms with Crippen molar-refractivity contribution in [1.29, 1.82) is 0 Å². The summed E-state index contributed by atoms with van der Waals surface area (Å²) < 4.78 is 2.24. The number of nitrogens with two attached hydrogens (primary N) is 1. The molecule has 2 aromatic carbocycles. The van der Waals surface area contributed by atoms with Crippen LogP contribution in [0.1, 0.15) is 21.5 Å².